The third-order valence-electron chi connectivity index (χ3n) is 7.62. The molecule has 0 bridgehead atoms. The smallest absolute Gasteiger partial charge is 0.261 e. The number of fused-ring (bicyclic) bond motifs is 1. The number of halogens is 2. The lowest BCUT2D eigenvalue weighted by atomic mass is 9.89. The molecule has 1 aliphatic heterocycles. The molecule has 5 atom stereocenters. The molecule has 35 heavy (non-hydrogen) atoms. The summed E-state index contributed by atoms with van der Waals surface area (Å²) in [4.78, 5) is 40.5. The highest BCUT2D eigenvalue weighted by molar-refractivity contribution is 6.35. The molecule has 1 heterocycles. The van der Waals surface area contributed by atoms with Gasteiger partial charge in [-0.25, -0.2) is 0 Å². The zero-order chi connectivity index (χ0) is 25.3. The Morgan fingerprint density at radius 1 is 1.31 bits per heavy atom. The van der Waals surface area contributed by atoms with Crippen LogP contribution in [0.2, 0.25) is 10.0 Å². The van der Waals surface area contributed by atoms with Crippen molar-refractivity contribution >= 4 is 40.8 Å². The van der Waals surface area contributed by atoms with E-state index in [1.54, 1.807) is 17.0 Å². The second kappa shape index (κ2) is 10.4. The Balaban J connectivity index is 1.42. The van der Waals surface area contributed by atoms with E-state index in [1.165, 1.54) is 6.07 Å². The maximum absolute atomic E-state index is 13.4. The van der Waals surface area contributed by atoms with E-state index < -0.39 is 12.1 Å². The molecule has 9 heteroatoms. The molecule has 1 aromatic rings. The number of hydrogen-bond acceptors (Lipinski definition) is 5. The van der Waals surface area contributed by atoms with Gasteiger partial charge in [0, 0.05) is 23.9 Å². The third kappa shape index (κ3) is 5.76. The SMILES string of the molecule is CC1(C)CC(=O)[C@H](C[C@@H](C#N)NC(=O)C2[C@H]3CCC[C@H]3CN2C(=O)COc2ccc(Cl)cc2Cl)C1. The van der Waals surface area contributed by atoms with Crippen molar-refractivity contribution in [1.82, 2.24) is 10.2 Å². The average Bonchev–Trinajstić information content (AvgIpc) is 3.44. The highest BCUT2D eigenvalue weighted by atomic mass is 35.5. The zero-order valence-electron chi connectivity index (χ0n) is 20.1. The molecule has 3 aliphatic rings. The topological polar surface area (TPSA) is 99.5 Å². The summed E-state index contributed by atoms with van der Waals surface area (Å²) in [5.41, 5.74) is -0.0789. The second-order valence-electron chi connectivity index (χ2n) is 10.8. The fourth-order valence-electron chi connectivity index (χ4n) is 6.08. The molecule has 1 unspecified atom stereocenters. The van der Waals surface area contributed by atoms with E-state index in [-0.39, 0.29) is 47.4 Å². The Hall–Kier alpha value is -2.30. The minimum absolute atomic E-state index is 0.0597. The van der Waals surface area contributed by atoms with E-state index in [0.29, 0.717) is 41.6 Å². The molecule has 1 aromatic carbocycles. The highest BCUT2D eigenvalue weighted by Gasteiger charge is 2.50. The number of nitrogens with zero attached hydrogens (tertiary/aromatic N) is 2. The van der Waals surface area contributed by atoms with Crippen LogP contribution in [0.3, 0.4) is 0 Å². The summed E-state index contributed by atoms with van der Waals surface area (Å²) in [6.07, 6.45) is 4.36. The fraction of sp³-hybridized carbons (Fsp3) is 0.615. The Kier molecular flexibility index (Phi) is 7.63. The second-order valence-corrected chi connectivity index (χ2v) is 11.7. The van der Waals surface area contributed by atoms with Crippen LogP contribution in [0.25, 0.3) is 0 Å². The van der Waals surface area contributed by atoms with Gasteiger partial charge in [-0.2, -0.15) is 5.26 Å². The zero-order valence-corrected chi connectivity index (χ0v) is 21.6. The van der Waals surface area contributed by atoms with Gasteiger partial charge in [0.15, 0.2) is 6.61 Å². The molecule has 1 N–H and O–H groups in total. The van der Waals surface area contributed by atoms with Crippen molar-refractivity contribution in [3.05, 3.63) is 28.2 Å². The Bertz CT molecular complexity index is 1050. The number of nitrogens with one attached hydrogen (secondary N) is 1. The van der Waals surface area contributed by atoms with Crippen LogP contribution in [0, 0.1) is 34.5 Å². The first-order valence-electron chi connectivity index (χ1n) is 12.2. The van der Waals surface area contributed by atoms with Crippen molar-refractivity contribution in [1.29, 1.82) is 5.26 Å². The minimum Gasteiger partial charge on any atom is -0.482 e. The number of rotatable bonds is 7. The molecular weight excluding hydrogens is 489 g/mol. The summed E-state index contributed by atoms with van der Waals surface area (Å²) >= 11 is 12.1. The van der Waals surface area contributed by atoms with Gasteiger partial charge in [0.2, 0.25) is 5.91 Å². The number of carbonyl (C=O) groups excluding carboxylic acids is 3. The number of carbonyl (C=O) groups is 3. The van der Waals surface area contributed by atoms with E-state index in [0.717, 1.165) is 19.3 Å². The van der Waals surface area contributed by atoms with Crippen molar-refractivity contribution < 1.29 is 19.1 Å². The highest BCUT2D eigenvalue weighted by Crippen LogP contribution is 2.43. The van der Waals surface area contributed by atoms with Crippen LogP contribution in [0.15, 0.2) is 18.2 Å². The number of benzene rings is 1. The Morgan fingerprint density at radius 2 is 2.09 bits per heavy atom. The average molecular weight is 520 g/mol. The number of ketones is 1. The molecule has 188 valence electrons. The first kappa shape index (κ1) is 25.8. The van der Waals surface area contributed by atoms with Crippen LogP contribution in [0.5, 0.6) is 5.75 Å². The quantitative estimate of drug-likeness (QED) is 0.575. The van der Waals surface area contributed by atoms with Gasteiger partial charge >= 0.3 is 0 Å². The Labute approximate surface area is 216 Å². The van der Waals surface area contributed by atoms with Crippen LogP contribution < -0.4 is 10.1 Å². The van der Waals surface area contributed by atoms with Crippen molar-refractivity contribution in [2.45, 2.75) is 64.5 Å². The minimum atomic E-state index is -0.771. The van der Waals surface area contributed by atoms with Crippen molar-refractivity contribution in [2.24, 2.45) is 23.2 Å². The number of hydrogen-bond donors (Lipinski definition) is 1. The normalized spacial score (nSPS) is 27.9. The van der Waals surface area contributed by atoms with Gasteiger partial charge in [0.05, 0.1) is 11.1 Å². The number of Topliss-reactive ketones (excluding diaryl/α,β-unsaturated/α-hetero) is 1. The van der Waals surface area contributed by atoms with Gasteiger partial charge in [0.25, 0.3) is 5.91 Å². The Morgan fingerprint density at radius 3 is 2.74 bits per heavy atom. The van der Waals surface area contributed by atoms with Crippen molar-refractivity contribution in [3.8, 4) is 11.8 Å². The summed E-state index contributed by atoms with van der Waals surface area (Å²) in [5.74, 6) is -0.0427. The molecule has 4 rings (SSSR count). The number of likely N-dealkylation sites (tertiary alicyclic amines) is 1. The summed E-state index contributed by atoms with van der Waals surface area (Å²) < 4.78 is 5.64. The van der Waals surface area contributed by atoms with E-state index >= 15 is 0 Å². The molecule has 2 aliphatic carbocycles. The fourth-order valence-corrected chi connectivity index (χ4v) is 6.55. The maximum atomic E-state index is 13.4. The third-order valence-corrected chi connectivity index (χ3v) is 8.15. The van der Waals surface area contributed by atoms with Crippen molar-refractivity contribution in [3.63, 3.8) is 0 Å². The molecule has 0 spiro atoms. The molecule has 0 radical (unpaired) electrons. The molecule has 7 nitrogen and oxygen atoms in total. The standard InChI is InChI=1S/C26H31Cl2N3O4/c1-26(2)10-16(21(32)11-26)8-18(12-29)30-25(34)24-19-5-3-4-15(19)13-31(24)23(33)14-35-22-7-6-17(27)9-20(22)28/h6-7,9,15-16,18-19,24H,3-5,8,10-11,13-14H2,1-2H3,(H,30,34)/t15-,16+,18-,19-,24?/m0/s1. The molecule has 2 saturated carbocycles. The van der Waals surface area contributed by atoms with Gasteiger partial charge in [-0.1, -0.05) is 43.5 Å². The lowest BCUT2D eigenvalue weighted by molar-refractivity contribution is -0.141. The molecule has 2 amide bonds. The van der Waals surface area contributed by atoms with Gasteiger partial charge < -0.3 is 15.0 Å². The maximum Gasteiger partial charge on any atom is 0.261 e. The number of amides is 2. The number of ether oxygens (including phenoxy) is 1. The summed E-state index contributed by atoms with van der Waals surface area (Å²) in [6.45, 7) is 4.34. The van der Waals surface area contributed by atoms with Gasteiger partial charge in [-0.05, 0) is 61.1 Å². The molecule has 0 aromatic heterocycles. The van der Waals surface area contributed by atoms with Gasteiger partial charge in [-0.3, -0.25) is 14.4 Å². The summed E-state index contributed by atoms with van der Waals surface area (Å²) in [7, 11) is 0. The lowest BCUT2D eigenvalue weighted by Crippen LogP contribution is -2.52. The van der Waals surface area contributed by atoms with Crippen LogP contribution >= 0.6 is 23.2 Å². The van der Waals surface area contributed by atoms with E-state index in [1.807, 2.05) is 13.8 Å². The van der Waals surface area contributed by atoms with Gasteiger partial charge in [-0.15, -0.1) is 0 Å². The van der Waals surface area contributed by atoms with Crippen LogP contribution in [-0.2, 0) is 14.4 Å². The predicted octanol–water partition coefficient (Wildman–Crippen LogP) is 4.40. The van der Waals surface area contributed by atoms with E-state index in [4.69, 9.17) is 27.9 Å². The van der Waals surface area contributed by atoms with Crippen molar-refractivity contribution in [2.75, 3.05) is 13.2 Å². The lowest BCUT2D eigenvalue weighted by Gasteiger charge is -2.28. The van der Waals surface area contributed by atoms with Crippen LogP contribution in [0.1, 0.15) is 52.4 Å². The van der Waals surface area contributed by atoms with E-state index in [9.17, 15) is 19.6 Å². The van der Waals surface area contributed by atoms with E-state index in [2.05, 4.69) is 11.4 Å². The summed E-state index contributed by atoms with van der Waals surface area (Å²) in [6, 6.07) is 5.50. The predicted molar refractivity (Wildman–Crippen MR) is 132 cm³/mol. The number of nitriles is 1. The molecule has 1 saturated heterocycles. The first-order valence-corrected chi connectivity index (χ1v) is 12.9. The molecular formula is C26H31Cl2N3O4. The van der Waals surface area contributed by atoms with Gasteiger partial charge in [0.1, 0.15) is 23.6 Å². The van der Waals surface area contributed by atoms with Crippen LogP contribution in [-0.4, -0.2) is 47.7 Å². The monoisotopic (exact) mass is 519 g/mol. The first-order chi connectivity index (χ1) is 16.6. The summed E-state index contributed by atoms with van der Waals surface area (Å²) in [5, 5.41) is 13.3. The largest absolute Gasteiger partial charge is 0.482 e. The van der Waals surface area contributed by atoms with Crippen LogP contribution in [0.4, 0.5) is 0 Å². The molecule has 3 fully saturated rings.